The zero-order chi connectivity index (χ0) is 15.6. The quantitative estimate of drug-likeness (QED) is 0.745. The van der Waals surface area contributed by atoms with Gasteiger partial charge in [0, 0.05) is 0 Å². The average molecular weight is 325 g/mol. The summed E-state index contributed by atoms with van der Waals surface area (Å²) in [4.78, 5) is 2.21. The Morgan fingerprint density at radius 2 is 1.86 bits per heavy atom. The summed E-state index contributed by atoms with van der Waals surface area (Å²) in [6, 6.07) is 10.4. The summed E-state index contributed by atoms with van der Waals surface area (Å²) in [5, 5.41) is 0. The van der Waals surface area contributed by atoms with Crippen molar-refractivity contribution in [3.63, 3.8) is 0 Å². The molecule has 2 heterocycles. The molecule has 1 aromatic carbocycles. The van der Waals surface area contributed by atoms with E-state index in [0.717, 1.165) is 12.8 Å². The van der Waals surface area contributed by atoms with Crippen molar-refractivity contribution in [3.05, 3.63) is 35.9 Å². The van der Waals surface area contributed by atoms with Gasteiger partial charge in [0.1, 0.15) is 12.0 Å². The fourth-order valence-corrected chi connectivity index (χ4v) is 5.72. The van der Waals surface area contributed by atoms with Crippen molar-refractivity contribution in [3.8, 4) is 0 Å². The molecule has 2 fully saturated rings. The average Bonchev–Trinajstić information content (AvgIpc) is 3.10. The van der Waals surface area contributed by atoms with Crippen molar-refractivity contribution < 1.29 is 18.3 Å². The summed E-state index contributed by atoms with van der Waals surface area (Å²) in [7, 11) is -3.15. The lowest BCUT2D eigenvalue weighted by Crippen LogP contribution is -2.35. The number of hydrogen-bond acceptors (Lipinski definition) is 5. The van der Waals surface area contributed by atoms with Gasteiger partial charge in [0.15, 0.2) is 0 Å². The first-order valence-corrected chi connectivity index (χ1v) is 9.63. The van der Waals surface area contributed by atoms with E-state index in [2.05, 4.69) is 17.0 Å². The zero-order valence-corrected chi connectivity index (χ0v) is 14.1. The standard InChI is InChI=1S/C16H24NO4P/c1-3-20-22(18,21-4-2)16-11-10-15-17(16)14(12-19-15)13-8-6-5-7-9-13/h5-9,14-16H,3-4,10-12H2,1-2H3/t14-,15-,16-/m1/s1. The SMILES string of the molecule is CCOP(=O)(OCC)[C@@H]1CC[C@H]2OC[C@H](c3ccccc3)N12. The van der Waals surface area contributed by atoms with Gasteiger partial charge in [-0.3, -0.25) is 9.46 Å². The second-order valence-electron chi connectivity index (χ2n) is 5.60. The summed E-state index contributed by atoms with van der Waals surface area (Å²) in [5.74, 6) is -0.217. The molecule has 0 spiro atoms. The normalized spacial score (nSPS) is 28.9. The third-order valence-corrected chi connectivity index (χ3v) is 6.81. The summed E-state index contributed by atoms with van der Waals surface area (Å²) in [5.41, 5.74) is 1.19. The Bertz CT molecular complexity index is 528. The van der Waals surface area contributed by atoms with Gasteiger partial charge < -0.3 is 13.8 Å². The van der Waals surface area contributed by atoms with Crippen molar-refractivity contribution >= 4 is 7.60 Å². The van der Waals surface area contributed by atoms with Crippen molar-refractivity contribution in [1.29, 1.82) is 0 Å². The molecule has 0 bridgehead atoms. The molecule has 5 nitrogen and oxygen atoms in total. The maximum absolute atomic E-state index is 13.2. The maximum atomic E-state index is 13.2. The topological polar surface area (TPSA) is 48.0 Å². The van der Waals surface area contributed by atoms with Gasteiger partial charge in [-0.2, -0.15) is 0 Å². The molecule has 2 aliphatic heterocycles. The van der Waals surface area contributed by atoms with Gasteiger partial charge in [0.2, 0.25) is 0 Å². The second kappa shape index (κ2) is 6.81. The molecule has 2 aliphatic rings. The van der Waals surface area contributed by atoms with E-state index in [1.165, 1.54) is 5.56 Å². The van der Waals surface area contributed by atoms with Gasteiger partial charge >= 0.3 is 7.60 Å². The van der Waals surface area contributed by atoms with Crippen LogP contribution in [0.3, 0.4) is 0 Å². The molecule has 6 heteroatoms. The third kappa shape index (κ3) is 2.89. The molecule has 2 saturated heterocycles. The van der Waals surface area contributed by atoms with Crippen LogP contribution in [-0.4, -0.2) is 36.7 Å². The first-order chi connectivity index (χ1) is 10.7. The maximum Gasteiger partial charge on any atom is 0.347 e. The molecule has 1 aromatic rings. The van der Waals surface area contributed by atoms with Crippen LogP contribution in [0.1, 0.15) is 38.3 Å². The van der Waals surface area contributed by atoms with Crippen LogP contribution < -0.4 is 0 Å². The minimum absolute atomic E-state index is 0.0180. The minimum atomic E-state index is -3.15. The Labute approximate surface area is 132 Å². The summed E-state index contributed by atoms with van der Waals surface area (Å²) in [6.45, 7) is 5.12. The van der Waals surface area contributed by atoms with E-state index in [-0.39, 0.29) is 18.1 Å². The fraction of sp³-hybridized carbons (Fsp3) is 0.625. The Balaban J connectivity index is 1.88. The van der Waals surface area contributed by atoms with Gasteiger partial charge in [0.05, 0.1) is 25.9 Å². The van der Waals surface area contributed by atoms with E-state index < -0.39 is 7.60 Å². The smallest absolute Gasteiger partial charge is 0.347 e. The largest absolute Gasteiger partial charge is 0.361 e. The van der Waals surface area contributed by atoms with E-state index in [1.807, 2.05) is 32.0 Å². The number of ether oxygens (including phenoxy) is 1. The highest BCUT2D eigenvalue weighted by Gasteiger charge is 2.52. The zero-order valence-electron chi connectivity index (χ0n) is 13.2. The Kier molecular flexibility index (Phi) is 5.00. The predicted molar refractivity (Wildman–Crippen MR) is 84.6 cm³/mol. The van der Waals surface area contributed by atoms with Crippen LogP contribution in [0.4, 0.5) is 0 Å². The molecule has 0 unspecified atom stereocenters. The van der Waals surface area contributed by atoms with Crippen LogP contribution in [0.25, 0.3) is 0 Å². The molecule has 0 N–H and O–H groups in total. The van der Waals surface area contributed by atoms with Gasteiger partial charge in [-0.25, -0.2) is 0 Å². The van der Waals surface area contributed by atoms with Gasteiger partial charge in [0.25, 0.3) is 0 Å². The minimum Gasteiger partial charge on any atom is -0.361 e. The van der Waals surface area contributed by atoms with Crippen molar-refractivity contribution in [2.75, 3.05) is 19.8 Å². The van der Waals surface area contributed by atoms with Crippen molar-refractivity contribution in [2.24, 2.45) is 0 Å². The van der Waals surface area contributed by atoms with Gasteiger partial charge in [-0.05, 0) is 32.3 Å². The first-order valence-electron chi connectivity index (χ1n) is 8.02. The molecule has 122 valence electrons. The first kappa shape index (κ1) is 16.2. The number of nitrogens with zero attached hydrogens (tertiary/aromatic N) is 1. The summed E-state index contributed by atoms with van der Waals surface area (Å²) < 4.78 is 30.3. The fourth-order valence-electron chi connectivity index (χ4n) is 3.48. The molecule has 3 rings (SSSR count). The molecule has 0 aromatic heterocycles. The lowest BCUT2D eigenvalue weighted by Gasteiger charge is -2.33. The lowest BCUT2D eigenvalue weighted by atomic mass is 10.1. The molecule has 0 aliphatic carbocycles. The van der Waals surface area contributed by atoms with E-state index in [0.29, 0.717) is 19.8 Å². The monoisotopic (exact) mass is 325 g/mol. The molecule has 22 heavy (non-hydrogen) atoms. The van der Waals surface area contributed by atoms with Crippen LogP contribution in [0.2, 0.25) is 0 Å². The van der Waals surface area contributed by atoms with Crippen molar-refractivity contribution in [2.45, 2.75) is 44.7 Å². The lowest BCUT2D eigenvalue weighted by molar-refractivity contribution is 0.0499. The molecule has 0 amide bonds. The number of benzene rings is 1. The van der Waals surface area contributed by atoms with E-state index in [4.69, 9.17) is 13.8 Å². The highest BCUT2D eigenvalue weighted by molar-refractivity contribution is 7.54. The highest BCUT2D eigenvalue weighted by atomic mass is 31.2. The van der Waals surface area contributed by atoms with Crippen LogP contribution >= 0.6 is 7.60 Å². The van der Waals surface area contributed by atoms with E-state index >= 15 is 0 Å². The van der Waals surface area contributed by atoms with E-state index in [1.54, 1.807) is 0 Å². The Hall–Kier alpha value is -0.710. The highest BCUT2D eigenvalue weighted by Crippen LogP contribution is 2.61. The molecular formula is C16H24NO4P. The Morgan fingerprint density at radius 3 is 2.50 bits per heavy atom. The third-order valence-electron chi connectivity index (χ3n) is 4.32. The Morgan fingerprint density at radius 1 is 1.18 bits per heavy atom. The molecule has 3 atom stereocenters. The number of hydrogen-bond donors (Lipinski definition) is 0. The summed E-state index contributed by atoms with van der Waals surface area (Å²) in [6.07, 6.45) is 1.67. The van der Waals surface area contributed by atoms with Crippen molar-refractivity contribution in [1.82, 2.24) is 4.90 Å². The second-order valence-corrected chi connectivity index (χ2v) is 7.79. The van der Waals surface area contributed by atoms with E-state index in [9.17, 15) is 4.57 Å². The van der Waals surface area contributed by atoms with Gasteiger partial charge in [-0.15, -0.1) is 0 Å². The molecule has 0 radical (unpaired) electrons. The van der Waals surface area contributed by atoms with Crippen LogP contribution in [0.5, 0.6) is 0 Å². The van der Waals surface area contributed by atoms with Crippen LogP contribution in [-0.2, 0) is 18.3 Å². The number of rotatable bonds is 6. The molecule has 0 saturated carbocycles. The van der Waals surface area contributed by atoms with Gasteiger partial charge in [-0.1, -0.05) is 30.3 Å². The predicted octanol–water partition coefficient (Wildman–Crippen LogP) is 3.77. The molecular weight excluding hydrogens is 301 g/mol. The van der Waals surface area contributed by atoms with Crippen LogP contribution in [0.15, 0.2) is 30.3 Å². The van der Waals surface area contributed by atoms with Crippen LogP contribution in [0, 0.1) is 0 Å². The number of fused-ring (bicyclic) bond motifs is 1. The summed E-state index contributed by atoms with van der Waals surface area (Å²) >= 11 is 0.